The highest BCUT2D eigenvalue weighted by Crippen LogP contribution is 2.24. The van der Waals surface area contributed by atoms with Crippen LogP contribution in [0.5, 0.6) is 0 Å². The van der Waals surface area contributed by atoms with Crippen LogP contribution in [0.1, 0.15) is 29.7 Å². The minimum atomic E-state index is -0.565. The topological polar surface area (TPSA) is 54.4 Å². The predicted molar refractivity (Wildman–Crippen MR) is 69.1 cm³/mol. The smallest absolute Gasteiger partial charge is 0.216 e. The number of aliphatic hydroxyl groups excluding tert-OH is 1. The fourth-order valence-corrected chi connectivity index (χ4v) is 2.00. The zero-order valence-electron chi connectivity index (χ0n) is 9.43. The van der Waals surface area contributed by atoms with Gasteiger partial charge in [0.2, 0.25) is 5.78 Å². The number of hydrogen-bond donors (Lipinski definition) is 1. The molecule has 1 atom stereocenters. The van der Waals surface area contributed by atoms with Crippen molar-refractivity contribution in [1.82, 2.24) is 0 Å². The highest BCUT2D eigenvalue weighted by atomic mass is 79.9. The largest absolute Gasteiger partial charge is 0.396 e. The van der Waals surface area contributed by atoms with Crippen molar-refractivity contribution < 1.29 is 14.7 Å². The number of Topliss-reactive ketones (excluding diaryl/α,β-unsaturated/α-hetero) is 2. The number of carbonyl (C=O) groups is 2. The maximum Gasteiger partial charge on any atom is 0.216 e. The quantitative estimate of drug-likeness (QED) is 0.478. The van der Waals surface area contributed by atoms with Gasteiger partial charge < -0.3 is 5.11 Å². The lowest BCUT2D eigenvalue weighted by molar-refractivity contribution is -0.136. The van der Waals surface area contributed by atoms with Crippen molar-refractivity contribution in [2.24, 2.45) is 0 Å². The minimum absolute atomic E-state index is 0.0535. The molecule has 0 heterocycles. The molecule has 0 saturated carbocycles. The molecule has 0 aliphatic heterocycles. The molecule has 3 nitrogen and oxygen atoms in total. The van der Waals surface area contributed by atoms with Crippen LogP contribution in [0.15, 0.2) is 30.3 Å². The molecule has 0 spiro atoms. The summed E-state index contributed by atoms with van der Waals surface area (Å²) in [7, 11) is 0. The van der Waals surface area contributed by atoms with E-state index in [9.17, 15) is 9.59 Å². The molecular weight excluding hydrogens is 284 g/mol. The third-order valence-electron chi connectivity index (χ3n) is 2.41. The highest BCUT2D eigenvalue weighted by Gasteiger charge is 2.23. The van der Waals surface area contributed by atoms with Gasteiger partial charge in [-0.25, -0.2) is 0 Å². The van der Waals surface area contributed by atoms with Gasteiger partial charge in [-0.2, -0.15) is 0 Å². The maximum absolute atomic E-state index is 11.8. The minimum Gasteiger partial charge on any atom is -0.396 e. The number of rotatable bonds is 7. The maximum atomic E-state index is 11.8. The second kappa shape index (κ2) is 7.35. The Morgan fingerprint density at radius 3 is 2.41 bits per heavy atom. The summed E-state index contributed by atoms with van der Waals surface area (Å²) in [6, 6.07) is 9.12. The summed E-state index contributed by atoms with van der Waals surface area (Å²) in [5, 5.41) is 8.60. The van der Waals surface area contributed by atoms with E-state index in [1.165, 1.54) is 0 Å². The molecular formula is C13H15BrO3. The van der Waals surface area contributed by atoms with Gasteiger partial charge in [0, 0.05) is 13.0 Å². The Morgan fingerprint density at radius 2 is 1.82 bits per heavy atom. The van der Waals surface area contributed by atoms with Gasteiger partial charge in [0.05, 0.1) is 0 Å². The normalized spacial score (nSPS) is 12.1. The molecule has 0 amide bonds. The van der Waals surface area contributed by atoms with E-state index in [4.69, 9.17) is 5.11 Å². The number of benzene rings is 1. The third-order valence-corrected chi connectivity index (χ3v) is 3.35. The lowest BCUT2D eigenvalue weighted by Crippen LogP contribution is -2.18. The molecule has 92 valence electrons. The van der Waals surface area contributed by atoms with E-state index in [-0.39, 0.29) is 18.8 Å². The molecule has 1 aromatic carbocycles. The first-order chi connectivity index (χ1) is 8.16. The summed E-state index contributed by atoms with van der Waals surface area (Å²) in [6.07, 6.45) is 1.31. The van der Waals surface area contributed by atoms with E-state index in [0.29, 0.717) is 12.8 Å². The van der Waals surface area contributed by atoms with Crippen molar-refractivity contribution in [3.8, 4) is 0 Å². The Bertz CT molecular complexity index is 376. The average Bonchev–Trinajstić information content (AvgIpc) is 2.38. The van der Waals surface area contributed by atoms with Crippen molar-refractivity contribution in [3.63, 3.8) is 0 Å². The first-order valence-electron chi connectivity index (χ1n) is 5.53. The third kappa shape index (κ3) is 4.40. The zero-order valence-corrected chi connectivity index (χ0v) is 11.0. The SMILES string of the molecule is O=C(CCCCO)C(=O)C(Br)c1ccccc1. The second-order valence-corrected chi connectivity index (χ2v) is 4.66. The molecule has 0 aliphatic carbocycles. The lowest BCUT2D eigenvalue weighted by atomic mass is 10.0. The molecule has 0 aromatic heterocycles. The number of hydrogen-bond acceptors (Lipinski definition) is 3. The van der Waals surface area contributed by atoms with E-state index >= 15 is 0 Å². The molecule has 0 bridgehead atoms. The van der Waals surface area contributed by atoms with Gasteiger partial charge in [0.15, 0.2) is 5.78 Å². The molecule has 17 heavy (non-hydrogen) atoms. The molecule has 1 aromatic rings. The van der Waals surface area contributed by atoms with E-state index < -0.39 is 10.6 Å². The van der Waals surface area contributed by atoms with Gasteiger partial charge in [-0.1, -0.05) is 46.3 Å². The second-order valence-electron chi connectivity index (χ2n) is 3.74. The number of unbranched alkanes of at least 4 members (excludes halogenated alkanes) is 1. The van der Waals surface area contributed by atoms with Crippen molar-refractivity contribution >= 4 is 27.5 Å². The number of halogens is 1. The van der Waals surface area contributed by atoms with Gasteiger partial charge in [0.1, 0.15) is 4.83 Å². The Kier molecular flexibility index (Phi) is 6.08. The van der Waals surface area contributed by atoms with Crippen LogP contribution in [0.25, 0.3) is 0 Å². The van der Waals surface area contributed by atoms with Crippen LogP contribution < -0.4 is 0 Å². The fourth-order valence-electron chi connectivity index (χ4n) is 1.44. The average molecular weight is 299 g/mol. The van der Waals surface area contributed by atoms with E-state index in [2.05, 4.69) is 15.9 Å². The summed E-state index contributed by atoms with van der Waals surface area (Å²) >= 11 is 3.24. The molecule has 0 fully saturated rings. The number of alkyl halides is 1. The predicted octanol–water partition coefficient (Wildman–Crippen LogP) is 2.42. The molecule has 0 radical (unpaired) electrons. The van der Waals surface area contributed by atoms with E-state index in [0.717, 1.165) is 5.56 Å². The van der Waals surface area contributed by atoms with Crippen LogP contribution in [-0.2, 0) is 9.59 Å². The van der Waals surface area contributed by atoms with Crippen LogP contribution in [0.3, 0.4) is 0 Å². The molecule has 4 heteroatoms. The van der Waals surface area contributed by atoms with Gasteiger partial charge >= 0.3 is 0 Å². The van der Waals surface area contributed by atoms with Gasteiger partial charge in [0.25, 0.3) is 0 Å². The summed E-state index contributed by atoms with van der Waals surface area (Å²) in [4.78, 5) is 22.8. The monoisotopic (exact) mass is 298 g/mol. The summed E-state index contributed by atoms with van der Waals surface area (Å²) in [5.74, 6) is -0.807. The van der Waals surface area contributed by atoms with Crippen molar-refractivity contribution in [1.29, 1.82) is 0 Å². The van der Waals surface area contributed by atoms with Crippen molar-refractivity contribution in [3.05, 3.63) is 35.9 Å². The van der Waals surface area contributed by atoms with Crippen LogP contribution in [-0.4, -0.2) is 23.3 Å². The molecule has 0 saturated heterocycles. The number of aliphatic hydroxyl groups is 1. The number of carbonyl (C=O) groups excluding carboxylic acids is 2. The molecule has 1 unspecified atom stereocenters. The Hall–Kier alpha value is -1.00. The standard InChI is InChI=1S/C13H15BrO3/c14-12(10-6-2-1-3-7-10)13(17)11(16)8-4-5-9-15/h1-3,6-7,12,15H,4-5,8-9H2. The summed E-state index contributed by atoms with van der Waals surface area (Å²) in [5.41, 5.74) is 0.785. The first kappa shape index (κ1) is 14.1. The Balaban J connectivity index is 2.55. The van der Waals surface area contributed by atoms with Crippen LogP contribution in [0.2, 0.25) is 0 Å². The summed E-state index contributed by atoms with van der Waals surface area (Å²) < 4.78 is 0. The lowest BCUT2D eigenvalue weighted by Gasteiger charge is -2.07. The first-order valence-corrected chi connectivity index (χ1v) is 6.45. The molecule has 1 rings (SSSR count). The Morgan fingerprint density at radius 1 is 1.18 bits per heavy atom. The molecule has 0 aliphatic rings. The van der Waals surface area contributed by atoms with Crippen molar-refractivity contribution in [2.45, 2.75) is 24.1 Å². The summed E-state index contributed by atoms with van der Waals surface area (Å²) in [6.45, 7) is 0.0535. The highest BCUT2D eigenvalue weighted by molar-refractivity contribution is 9.09. The van der Waals surface area contributed by atoms with Gasteiger partial charge in [-0.05, 0) is 18.4 Å². The van der Waals surface area contributed by atoms with Crippen LogP contribution in [0.4, 0.5) is 0 Å². The van der Waals surface area contributed by atoms with Crippen molar-refractivity contribution in [2.75, 3.05) is 6.61 Å². The number of ketones is 2. The zero-order chi connectivity index (χ0) is 12.7. The van der Waals surface area contributed by atoms with E-state index in [1.54, 1.807) is 12.1 Å². The Labute approximate surface area is 109 Å². The molecule has 1 N–H and O–H groups in total. The van der Waals surface area contributed by atoms with Gasteiger partial charge in [-0.3, -0.25) is 9.59 Å². The fraction of sp³-hybridized carbons (Fsp3) is 0.385. The van der Waals surface area contributed by atoms with Crippen LogP contribution in [0, 0.1) is 0 Å². The van der Waals surface area contributed by atoms with Crippen LogP contribution >= 0.6 is 15.9 Å². The van der Waals surface area contributed by atoms with Gasteiger partial charge in [-0.15, -0.1) is 0 Å². The van der Waals surface area contributed by atoms with E-state index in [1.807, 2.05) is 18.2 Å².